The van der Waals surface area contributed by atoms with Crippen molar-refractivity contribution in [2.45, 2.75) is 13.8 Å². The molecule has 0 aliphatic carbocycles. The Balaban J connectivity index is 1.71. The maximum atomic E-state index is 12.6. The number of benzene rings is 1. The highest BCUT2D eigenvalue weighted by Crippen LogP contribution is 2.26. The fraction of sp³-hybridized carbons (Fsp3) is 0.182. The maximum Gasteiger partial charge on any atom is 0.343 e. The molecule has 0 aliphatic heterocycles. The number of methoxy groups -OCH3 is 1. The zero-order chi connectivity index (χ0) is 22.5. The second-order valence-corrected chi connectivity index (χ2v) is 6.56. The van der Waals surface area contributed by atoms with E-state index >= 15 is 0 Å². The Kier molecular flexibility index (Phi) is 6.21. The molecular formula is C22H19N3O6. The molecule has 3 rings (SSSR count). The van der Waals surface area contributed by atoms with E-state index in [0.29, 0.717) is 11.3 Å². The van der Waals surface area contributed by atoms with Crippen LogP contribution >= 0.6 is 0 Å². The molecule has 0 bridgehead atoms. The molecule has 1 N–H and O–H groups in total. The van der Waals surface area contributed by atoms with E-state index in [9.17, 15) is 19.6 Å². The number of hydrogen-bond donors (Lipinski definition) is 1. The standard InChI is InChI=1S/C22H19N3O6/c1-13-6-7-15(21(27)29-3)10-17(13)24-18(26)12-30-22(28)19-14(2)31-20(16(19)11-23)25-8-4-5-9-25/h4-10H,12H2,1-3H3,(H,24,26). The molecule has 0 unspecified atom stereocenters. The van der Waals surface area contributed by atoms with Crippen LogP contribution in [0.25, 0.3) is 5.88 Å². The number of ether oxygens (including phenoxy) is 2. The molecule has 0 saturated carbocycles. The molecule has 0 aliphatic rings. The van der Waals surface area contributed by atoms with Crippen LogP contribution in [-0.2, 0) is 14.3 Å². The summed E-state index contributed by atoms with van der Waals surface area (Å²) < 4.78 is 16.9. The third-order valence-electron chi connectivity index (χ3n) is 4.49. The van der Waals surface area contributed by atoms with Crippen LogP contribution in [0.4, 0.5) is 5.69 Å². The lowest BCUT2D eigenvalue weighted by atomic mass is 10.1. The van der Waals surface area contributed by atoms with Crippen molar-refractivity contribution < 1.29 is 28.3 Å². The minimum absolute atomic E-state index is 0.0146. The first-order chi connectivity index (χ1) is 14.8. The van der Waals surface area contributed by atoms with Gasteiger partial charge in [0.2, 0.25) is 5.88 Å². The van der Waals surface area contributed by atoms with Crippen molar-refractivity contribution in [2.24, 2.45) is 0 Å². The van der Waals surface area contributed by atoms with Crippen LogP contribution < -0.4 is 5.32 Å². The van der Waals surface area contributed by atoms with Gasteiger partial charge >= 0.3 is 11.9 Å². The SMILES string of the molecule is COC(=O)c1ccc(C)c(NC(=O)COC(=O)c2c(C)oc(-n3cccc3)c2C#N)c1. The maximum absolute atomic E-state index is 12.6. The number of anilines is 1. The third kappa shape index (κ3) is 4.48. The highest BCUT2D eigenvalue weighted by molar-refractivity contribution is 5.99. The fourth-order valence-electron chi connectivity index (χ4n) is 2.92. The first-order valence-electron chi connectivity index (χ1n) is 9.18. The van der Waals surface area contributed by atoms with Gasteiger partial charge in [-0.1, -0.05) is 6.07 Å². The number of hydrogen-bond acceptors (Lipinski definition) is 7. The van der Waals surface area contributed by atoms with E-state index in [4.69, 9.17) is 9.15 Å². The molecule has 31 heavy (non-hydrogen) atoms. The monoisotopic (exact) mass is 421 g/mol. The van der Waals surface area contributed by atoms with Crippen LogP contribution in [0.15, 0.2) is 47.1 Å². The molecule has 9 nitrogen and oxygen atoms in total. The van der Waals surface area contributed by atoms with Crippen LogP contribution in [0.3, 0.4) is 0 Å². The minimum Gasteiger partial charge on any atom is -0.465 e. The van der Waals surface area contributed by atoms with Gasteiger partial charge in [-0.05, 0) is 43.7 Å². The van der Waals surface area contributed by atoms with E-state index in [-0.39, 0.29) is 28.3 Å². The summed E-state index contributed by atoms with van der Waals surface area (Å²) in [7, 11) is 1.26. The predicted molar refractivity (Wildman–Crippen MR) is 109 cm³/mol. The smallest absolute Gasteiger partial charge is 0.343 e. The quantitative estimate of drug-likeness (QED) is 0.606. The van der Waals surface area contributed by atoms with Gasteiger partial charge in [0, 0.05) is 18.1 Å². The number of aryl methyl sites for hydroxylation is 2. The molecule has 2 heterocycles. The van der Waals surface area contributed by atoms with Crippen molar-refractivity contribution in [1.29, 1.82) is 5.26 Å². The average molecular weight is 421 g/mol. The molecule has 0 fully saturated rings. The summed E-state index contributed by atoms with van der Waals surface area (Å²) in [4.78, 5) is 36.5. The molecule has 158 valence electrons. The molecule has 0 radical (unpaired) electrons. The number of aromatic nitrogens is 1. The number of esters is 2. The van der Waals surface area contributed by atoms with Crippen LogP contribution in [-0.4, -0.2) is 36.1 Å². The van der Waals surface area contributed by atoms with Crippen molar-refractivity contribution >= 4 is 23.5 Å². The Morgan fingerprint density at radius 3 is 2.52 bits per heavy atom. The predicted octanol–water partition coefficient (Wildman–Crippen LogP) is 3.14. The van der Waals surface area contributed by atoms with Crippen molar-refractivity contribution in [2.75, 3.05) is 19.0 Å². The van der Waals surface area contributed by atoms with Gasteiger partial charge in [-0.15, -0.1) is 0 Å². The summed E-state index contributed by atoms with van der Waals surface area (Å²) in [6, 6.07) is 10.2. The number of carbonyl (C=O) groups is 3. The van der Waals surface area contributed by atoms with E-state index < -0.39 is 24.5 Å². The lowest BCUT2D eigenvalue weighted by Crippen LogP contribution is -2.22. The topological polar surface area (TPSA) is 124 Å². The van der Waals surface area contributed by atoms with Gasteiger partial charge in [0.25, 0.3) is 5.91 Å². The van der Waals surface area contributed by atoms with Gasteiger partial charge in [0.05, 0.1) is 12.7 Å². The van der Waals surface area contributed by atoms with Crippen molar-refractivity contribution in [3.63, 3.8) is 0 Å². The summed E-state index contributed by atoms with van der Waals surface area (Å²) in [6.45, 7) is 2.70. The van der Waals surface area contributed by atoms with Gasteiger partial charge in [-0.2, -0.15) is 5.26 Å². The molecule has 0 atom stereocenters. The van der Waals surface area contributed by atoms with E-state index in [1.807, 2.05) is 6.07 Å². The molecule has 0 saturated heterocycles. The van der Waals surface area contributed by atoms with Gasteiger partial charge in [-0.25, -0.2) is 9.59 Å². The van der Waals surface area contributed by atoms with Gasteiger partial charge < -0.3 is 19.2 Å². The molecule has 2 aromatic heterocycles. The van der Waals surface area contributed by atoms with Crippen LogP contribution in [0.5, 0.6) is 0 Å². The Hall–Kier alpha value is -4.32. The number of amides is 1. The summed E-state index contributed by atoms with van der Waals surface area (Å²) in [5.41, 5.74) is 1.34. The Bertz CT molecular complexity index is 1180. The fourth-order valence-corrected chi connectivity index (χ4v) is 2.92. The number of carbonyl (C=O) groups excluding carboxylic acids is 3. The number of nitrogens with one attached hydrogen (secondary N) is 1. The van der Waals surface area contributed by atoms with E-state index in [1.165, 1.54) is 20.1 Å². The normalized spacial score (nSPS) is 10.3. The Morgan fingerprint density at radius 2 is 1.87 bits per heavy atom. The van der Waals surface area contributed by atoms with E-state index in [2.05, 4.69) is 10.1 Å². The van der Waals surface area contributed by atoms with Crippen molar-refractivity contribution in [3.05, 3.63) is 70.7 Å². The second-order valence-electron chi connectivity index (χ2n) is 6.56. The number of furan rings is 1. The first kappa shape index (κ1) is 21.4. The van der Waals surface area contributed by atoms with Crippen molar-refractivity contribution in [1.82, 2.24) is 4.57 Å². The summed E-state index contributed by atoms with van der Waals surface area (Å²) >= 11 is 0. The zero-order valence-corrected chi connectivity index (χ0v) is 17.1. The molecular weight excluding hydrogens is 402 g/mol. The second kappa shape index (κ2) is 9.00. The molecule has 0 spiro atoms. The molecule has 1 amide bonds. The molecule has 1 aromatic carbocycles. The largest absolute Gasteiger partial charge is 0.465 e. The summed E-state index contributed by atoms with van der Waals surface area (Å²) in [5.74, 6) is -1.61. The lowest BCUT2D eigenvalue weighted by Gasteiger charge is -2.10. The highest BCUT2D eigenvalue weighted by atomic mass is 16.5. The molecule has 9 heteroatoms. The third-order valence-corrected chi connectivity index (χ3v) is 4.49. The van der Waals surface area contributed by atoms with Crippen LogP contribution in [0.2, 0.25) is 0 Å². The van der Waals surface area contributed by atoms with Gasteiger partial charge in [0.1, 0.15) is 23.0 Å². The van der Waals surface area contributed by atoms with Crippen LogP contribution in [0, 0.1) is 25.2 Å². The Morgan fingerprint density at radius 1 is 1.16 bits per heavy atom. The average Bonchev–Trinajstić information content (AvgIpc) is 3.40. The van der Waals surface area contributed by atoms with Gasteiger partial charge in [0.15, 0.2) is 6.61 Å². The molecule has 3 aromatic rings. The van der Waals surface area contributed by atoms with Crippen LogP contribution in [0.1, 0.15) is 37.6 Å². The summed E-state index contributed by atoms with van der Waals surface area (Å²) in [6.07, 6.45) is 3.35. The van der Waals surface area contributed by atoms with Crippen molar-refractivity contribution in [3.8, 4) is 12.0 Å². The number of rotatable bonds is 6. The number of nitriles is 1. The lowest BCUT2D eigenvalue weighted by molar-refractivity contribution is -0.119. The Labute approximate surface area is 177 Å². The van der Waals surface area contributed by atoms with Gasteiger partial charge in [-0.3, -0.25) is 9.36 Å². The zero-order valence-electron chi connectivity index (χ0n) is 17.1. The first-order valence-corrected chi connectivity index (χ1v) is 9.18. The summed E-state index contributed by atoms with van der Waals surface area (Å²) in [5, 5.41) is 12.1. The van der Waals surface area contributed by atoms with E-state index in [1.54, 1.807) is 48.1 Å². The van der Waals surface area contributed by atoms with E-state index in [0.717, 1.165) is 0 Å². The minimum atomic E-state index is -0.855. The highest BCUT2D eigenvalue weighted by Gasteiger charge is 2.26. The number of nitrogens with zero attached hydrogens (tertiary/aromatic N) is 2.